The third-order valence-corrected chi connectivity index (χ3v) is 6.67. The van der Waals surface area contributed by atoms with Crippen LogP contribution in [0.5, 0.6) is 0 Å². The molecule has 1 aliphatic heterocycles. The Morgan fingerprint density at radius 2 is 1.15 bits per heavy atom. The van der Waals surface area contributed by atoms with E-state index in [2.05, 4.69) is 124 Å². The Kier molecular flexibility index (Phi) is 7.82. The fourth-order valence-electron chi connectivity index (χ4n) is 4.57. The lowest BCUT2D eigenvalue weighted by Crippen LogP contribution is -2.39. The molecule has 0 saturated carbocycles. The molecule has 0 unspecified atom stereocenters. The van der Waals surface area contributed by atoms with Gasteiger partial charge < -0.3 is 5.11 Å². The van der Waals surface area contributed by atoms with E-state index in [1.54, 1.807) is 0 Å². The number of aliphatic hydroxyl groups excluding tert-OH is 1. The molecule has 1 fully saturated rings. The summed E-state index contributed by atoms with van der Waals surface area (Å²) in [6.07, 6.45) is 3.77. The fraction of sp³-hybridized carbons (Fsp3) is 0.312. The van der Waals surface area contributed by atoms with E-state index < -0.39 is 6.10 Å². The zero-order chi connectivity index (χ0) is 24.1. The molecule has 4 rings (SSSR count). The van der Waals surface area contributed by atoms with Crippen LogP contribution in [0, 0.1) is 0 Å². The van der Waals surface area contributed by atoms with Gasteiger partial charge >= 0.3 is 0 Å². The monoisotopic (exact) mass is 451 g/mol. The van der Waals surface area contributed by atoms with E-state index >= 15 is 0 Å². The summed E-state index contributed by atoms with van der Waals surface area (Å²) in [5, 5.41) is 11.4. The molecule has 34 heavy (non-hydrogen) atoms. The highest BCUT2D eigenvalue weighted by Gasteiger charge is 2.26. The van der Waals surface area contributed by atoms with Crippen LogP contribution in [0.2, 0.25) is 0 Å². The summed E-state index contributed by atoms with van der Waals surface area (Å²) in [5.41, 5.74) is 8.33. The zero-order valence-electron chi connectivity index (χ0n) is 20.9. The van der Waals surface area contributed by atoms with E-state index in [0.717, 1.165) is 41.9 Å². The van der Waals surface area contributed by atoms with E-state index in [4.69, 9.17) is 0 Å². The van der Waals surface area contributed by atoms with Gasteiger partial charge in [-0.2, -0.15) is 0 Å². The van der Waals surface area contributed by atoms with Crippen molar-refractivity contribution in [1.82, 2.24) is 4.90 Å². The first-order valence-corrected chi connectivity index (χ1v) is 12.4. The number of hydrogen-bond acceptors (Lipinski definition) is 2. The molecule has 3 aromatic rings. The van der Waals surface area contributed by atoms with Crippen LogP contribution in [0.3, 0.4) is 0 Å². The Hall–Kier alpha value is -2.94. The maximum atomic E-state index is 11.4. The minimum atomic E-state index is -0.568. The van der Waals surface area contributed by atoms with E-state index in [1.807, 2.05) is 0 Å². The number of nitrogens with zero attached hydrogens (tertiary/aromatic N) is 1. The minimum Gasteiger partial charge on any atom is -0.384 e. The molecule has 0 amide bonds. The maximum Gasteiger partial charge on any atom is 0.0992 e. The van der Waals surface area contributed by atoms with Crippen molar-refractivity contribution in [2.45, 2.75) is 52.2 Å². The quantitative estimate of drug-likeness (QED) is 0.426. The second-order valence-corrected chi connectivity index (χ2v) is 10.1. The fourth-order valence-corrected chi connectivity index (χ4v) is 4.57. The molecule has 2 heteroatoms. The molecule has 1 aliphatic rings. The van der Waals surface area contributed by atoms with Crippen LogP contribution in [0.25, 0.3) is 12.2 Å². The molecule has 3 aromatic carbocycles. The third kappa shape index (κ3) is 6.14. The predicted octanol–water partition coefficient (Wildman–Crippen LogP) is 7.28. The first kappa shape index (κ1) is 24.2. The molecule has 0 spiro atoms. The number of benzene rings is 3. The smallest absolute Gasteiger partial charge is 0.0992 e. The van der Waals surface area contributed by atoms with Gasteiger partial charge in [-0.15, -0.1) is 0 Å². The third-order valence-electron chi connectivity index (χ3n) is 6.67. The molecule has 1 saturated heterocycles. The Balaban J connectivity index is 1.64. The van der Waals surface area contributed by atoms with Crippen molar-refractivity contribution in [1.29, 1.82) is 0 Å². The zero-order valence-corrected chi connectivity index (χ0v) is 20.9. The number of rotatable bonds is 6. The number of piperidine rings is 1. The SMILES string of the molecule is CC(C)c1ccc(C=C2CN(Cc3ccccc3)CC(=Cc3ccc(C(C)C)cc3)C2O)cc1. The Morgan fingerprint density at radius 1 is 0.706 bits per heavy atom. The van der Waals surface area contributed by atoms with Gasteiger partial charge in [0.2, 0.25) is 0 Å². The summed E-state index contributed by atoms with van der Waals surface area (Å²) in [6.45, 7) is 11.2. The van der Waals surface area contributed by atoms with Gasteiger partial charge in [0.15, 0.2) is 0 Å². The van der Waals surface area contributed by atoms with Gasteiger partial charge in [-0.05, 0) is 50.8 Å². The predicted molar refractivity (Wildman–Crippen MR) is 145 cm³/mol. The van der Waals surface area contributed by atoms with Crippen LogP contribution in [0.1, 0.15) is 67.3 Å². The minimum absolute atomic E-state index is 0.514. The number of likely N-dealkylation sites (tertiary alicyclic amines) is 1. The largest absolute Gasteiger partial charge is 0.384 e. The van der Waals surface area contributed by atoms with Crippen molar-refractivity contribution < 1.29 is 5.11 Å². The molecular formula is C32H37NO. The highest BCUT2D eigenvalue weighted by molar-refractivity contribution is 5.62. The molecule has 0 atom stereocenters. The summed E-state index contributed by atoms with van der Waals surface area (Å²) < 4.78 is 0. The average molecular weight is 452 g/mol. The standard InChI is InChI=1S/C32H37NO/c1-23(2)28-14-10-25(11-15-28)18-30-21-33(20-27-8-6-5-7-9-27)22-31(32(30)34)19-26-12-16-29(17-13-26)24(3)4/h5-19,23-24,32,34H,20-22H2,1-4H3. The van der Waals surface area contributed by atoms with Crippen molar-refractivity contribution in [3.63, 3.8) is 0 Å². The molecule has 2 nitrogen and oxygen atoms in total. The first-order valence-electron chi connectivity index (χ1n) is 12.4. The van der Waals surface area contributed by atoms with Crippen LogP contribution < -0.4 is 0 Å². The van der Waals surface area contributed by atoms with E-state index in [-0.39, 0.29) is 0 Å². The molecule has 1 N–H and O–H groups in total. The highest BCUT2D eigenvalue weighted by Crippen LogP contribution is 2.28. The van der Waals surface area contributed by atoms with Crippen molar-refractivity contribution in [3.05, 3.63) is 118 Å². The van der Waals surface area contributed by atoms with Gasteiger partial charge in [0, 0.05) is 19.6 Å². The van der Waals surface area contributed by atoms with Crippen molar-refractivity contribution >= 4 is 12.2 Å². The second-order valence-electron chi connectivity index (χ2n) is 10.1. The van der Waals surface area contributed by atoms with Crippen LogP contribution >= 0.6 is 0 Å². The second kappa shape index (κ2) is 11.0. The normalized spacial score (nSPS) is 19.4. The average Bonchev–Trinajstić information content (AvgIpc) is 2.83. The Morgan fingerprint density at radius 3 is 1.56 bits per heavy atom. The van der Waals surface area contributed by atoms with Crippen LogP contribution in [0.4, 0.5) is 0 Å². The van der Waals surface area contributed by atoms with Gasteiger partial charge in [0.25, 0.3) is 0 Å². The Bertz CT molecular complexity index is 1050. The van der Waals surface area contributed by atoms with Gasteiger partial charge in [-0.25, -0.2) is 0 Å². The van der Waals surface area contributed by atoms with Gasteiger partial charge in [0.1, 0.15) is 0 Å². The van der Waals surface area contributed by atoms with Crippen molar-refractivity contribution in [2.24, 2.45) is 0 Å². The van der Waals surface area contributed by atoms with Gasteiger partial charge in [-0.3, -0.25) is 4.90 Å². The molecule has 1 heterocycles. The molecule has 176 valence electrons. The lowest BCUT2D eigenvalue weighted by molar-refractivity contribution is 0.180. The van der Waals surface area contributed by atoms with E-state index in [0.29, 0.717) is 11.8 Å². The molecule has 0 radical (unpaired) electrons. The van der Waals surface area contributed by atoms with E-state index in [9.17, 15) is 5.11 Å². The molecular weight excluding hydrogens is 414 g/mol. The summed E-state index contributed by atoms with van der Waals surface area (Å²) in [5.74, 6) is 1.03. The summed E-state index contributed by atoms with van der Waals surface area (Å²) in [6, 6.07) is 28.0. The topological polar surface area (TPSA) is 23.5 Å². The Labute approximate surface area is 205 Å². The maximum absolute atomic E-state index is 11.4. The number of hydrogen-bond donors (Lipinski definition) is 1. The van der Waals surface area contributed by atoms with Crippen molar-refractivity contribution in [3.8, 4) is 0 Å². The summed E-state index contributed by atoms with van der Waals surface area (Å²) in [7, 11) is 0. The lowest BCUT2D eigenvalue weighted by atomic mass is 9.91. The molecule has 0 aromatic heterocycles. The summed E-state index contributed by atoms with van der Waals surface area (Å²) in [4.78, 5) is 2.42. The number of aliphatic hydroxyl groups is 1. The van der Waals surface area contributed by atoms with Gasteiger partial charge in [-0.1, -0.05) is 119 Å². The van der Waals surface area contributed by atoms with Crippen LogP contribution in [-0.2, 0) is 6.54 Å². The van der Waals surface area contributed by atoms with Gasteiger partial charge in [0.05, 0.1) is 6.10 Å². The highest BCUT2D eigenvalue weighted by atomic mass is 16.3. The van der Waals surface area contributed by atoms with Crippen molar-refractivity contribution in [2.75, 3.05) is 13.1 Å². The summed E-state index contributed by atoms with van der Waals surface area (Å²) >= 11 is 0. The molecule has 0 aliphatic carbocycles. The van der Waals surface area contributed by atoms with Crippen LogP contribution in [-0.4, -0.2) is 29.2 Å². The molecule has 0 bridgehead atoms. The van der Waals surface area contributed by atoms with E-state index in [1.165, 1.54) is 16.7 Å². The van der Waals surface area contributed by atoms with Crippen LogP contribution in [0.15, 0.2) is 90.0 Å². The lowest BCUT2D eigenvalue weighted by Gasteiger charge is -2.34. The first-order chi connectivity index (χ1) is 16.4.